The lowest BCUT2D eigenvalue weighted by Gasteiger charge is -2.12. The smallest absolute Gasteiger partial charge is 0.325 e. The lowest BCUT2D eigenvalue weighted by molar-refractivity contribution is 0.246. The largest absolute Gasteiger partial charge is 0.337 e. The molecule has 116 valence electrons. The van der Waals surface area contributed by atoms with Crippen LogP contribution >= 0.6 is 23.3 Å². The lowest BCUT2D eigenvalue weighted by Crippen LogP contribution is -2.32. The van der Waals surface area contributed by atoms with Crippen LogP contribution in [-0.4, -0.2) is 17.6 Å². The van der Waals surface area contributed by atoms with Crippen molar-refractivity contribution in [1.82, 2.24) is 15.0 Å². The number of aromatic nitrogens is 1. The number of carbonyl (C=O) groups is 1. The first-order valence-electron chi connectivity index (χ1n) is 7.55. The van der Waals surface area contributed by atoms with Gasteiger partial charge < -0.3 is 5.32 Å². The quantitative estimate of drug-likeness (QED) is 0.626. The van der Waals surface area contributed by atoms with Gasteiger partial charge in [0.2, 0.25) is 0 Å². The van der Waals surface area contributed by atoms with E-state index in [4.69, 9.17) is 0 Å². The highest BCUT2D eigenvalue weighted by molar-refractivity contribution is 7.99. The molecule has 1 aliphatic rings. The molecule has 1 aromatic heterocycles. The van der Waals surface area contributed by atoms with Crippen LogP contribution in [0.15, 0.2) is 40.3 Å². The summed E-state index contributed by atoms with van der Waals surface area (Å²) in [7, 11) is 0. The van der Waals surface area contributed by atoms with Crippen molar-refractivity contribution in [1.29, 1.82) is 0 Å². The van der Waals surface area contributed by atoms with Crippen molar-refractivity contribution in [3.63, 3.8) is 0 Å². The van der Waals surface area contributed by atoms with E-state index >= 15 is 0 Å². The number of hydrogen-bond acceptors (Lipinski definition) is 4. The Labute approximate surface area is 138 Å². The molecule has 0 saturated carbocycles. The lowest BCUT2D eigenvalue weighted by atomic mass is 9.97. The van der Waals surface area contributed by atoms with Gasteiger partial charge in [0.15, 0.2) is 4.34 Å². The Kier molecular flexibility index (Phi) is 5.34. The van der Waals surface area contributed by atoms with Crippen LogP contribution in [0, 0.1) is 0 Å². The van der Waals surface area contributed by atoms with E-state index in [2.05, 4.69) is 21.1 Å². The van der Waals surface area contributed by atoms with Crippen molar-refractivity contribution in [2.24, 2.45) is 0 Å². The molecule has 1 aromatic carbocycles. The summed E-state index contributed by atoms with van der Waals surface area (Å²) >= 11 is 2.86. The molecule has 0 aliphatic heterocycles. The summed E-state index contributed by atoms with van der Waals surface area (Å²) in [6, 6.07) is 7.83. The summed E-state index contributed by atoms with van der Waals surface area (Å²) in [5.74, 6) is 0. The molecule has 0 radical (unpaired) electrons. The van der Waals surface area contributed by atoms with Gasteiger partial charge in [-0.05, 0) is 44.2 Å². The Morgan fingerprint density at radius 3 is 3.05 bits per heavy atom. The number of hydrogen-bond donors (Lipinski definition) is 2. The van der Waals surface area contributed by atoms with Gasteiger partial charge in [0.1, 0.15) is 0 Å². The van der Waals surface area contributed by atoms with Crippen LogP contribution in [0.4, 0.5) is 4.79 Å². The van der Waals surface area contributed by atoms with E-state index in [1.807, 2.05) is 24.3 Å². The number of benzene rings is 1. The zero-order chi connectivity index (χ0) is 15.2. The van der Waals surface area contributed by atoms with Gasteiger partial charge in [0.25, 0.3) is 0 Å². The third kappa shape index (κ3) is 4.24. The highest BCUT2D eigenvalue weighted by Gasteiger charge is 2.07. The second-order valence-electron chi connectivity index (χ2n) is 5.27. The number of rotatable bonds is 5. The van der Waals surface area contributed by atoms with Crippen LogP contribution in [0.25, 0.3) is 10.2 Å². The number of allylic oxidation sites excluding steroid dienone is 1. The van der Waals surface area contributed by atoms with Gasteiger partial charge >= 0.3 is 6.03 Å². The van der Waals surface area contributed by atoms with Crippen molar-refractivity contribution in [3.05, 3.63) is 35.9 Å². The number of para-hydroxylation sites is 1. The van der Waals surface area contributed by atoms with E-state index in [9.17, 15) is 4.79 Å². The molecule has 0 spiro atoms. The molecule has 4 nitrogen and oxygen atoms in total. The minimum absolute atomic E-state index is 0.152. The summed E-state index contributed by atoms with van der Waals surface area (Å²) < 4.78 is 4.78. The van der Waals surface area contributed by atoms with E-state index in [0.29, 0.717) is 6.54 Å². The predicted molar refractivity (Wildman–Crippen MR) is 93.2 cm³/mol. The van der Waals surface area contributed by atoms with Crippen molar-refractivity contribution >= 4 is 39.5 Å². The summed E-state index contributed by atoms with van der Waals surface area (Å²) in [4.78, 5) is 16.3. The van der Waals surface area contributed by atoms with E-state index in [1.165, 1.54) is 43.2 Å². The Bertz CT molecular complexity index is 648. The van der Waals surface area contributed by atoms with E-state index in [0.717, 1.165) is 21.0 Å². The van der Waals surface area contributed by atoms with Crippen LogP contribution in [0.1, 0.15) is 32.1 Å². The SMILES string of the molecule is O=C(NCCC1=CCCCC1)NSc1nc2ccccc2s1. The molecule has 0 unspecified atom stereocenters. The molecule has 3 rings (SSSR count). The summed E-state index contributed by atoms with van der Waals surface area (Å²) in [6.45, 7) is 0.693. The number of amides is 2. The number of nitrogens with zero attached hydrogens (tertiary/aromatic N) is 1. The standard InChI is InChI=1S/C16H19N3OS2/c20-15(17-11-10-12-6-2-1-3-7-12)19-22-16-18-13-8-4-5-9-14(13)21-16/h4-6,8-9H,1-3,7,10-11H2,(H2,17,19,20). The highest BCUT2D eigenvalue weighted by atomic mass is 32.2. The zero-order valence-corrected chi connectivity index (χ0v) is 13.9. The number of fused-ring (bicyclic) bond motifs is 1. The van der Waals surface area contributed by atoms with Gasteiger partial charge in [0.05, 0.1) is 10.2 Å². The van der Waals surface area contributed by atoms with E-state index in [1.54, 1.807) is 11.3 Å². The van der Waals surface area contributed by atoms with Gasteiger partial charge in [-0.2, -0.15) is 0 Å². The molecular formula is C16H19N3OS2. The first-order valence-corrected chi connectivity index (χ1v) is 9.19. The normalized spacial score (nSPS) is 14.6. The third-order valence-corrected chi connectivity index (χ3v) is 5.51. The molecule has 22 heavy (non-hydrogen) atoms. The number of nitrogens with one attached hydrogen (secondary N) is 2. The molecule has 0 fully saturated rings. The van der Waals surface area contributed by atoms with Crippen molar-refractivity contribution in [2.75, 3.05) is 6.54 Å². The van der Waals surface area contributed by atoms with Crippen LogP contribution in [-0.2, 0) is 0 Å². The number of thiazole rings is 1. The summed E-state index contributed by atoms with van der Waals surface area (Å²) in [5, 5.41) is 2.90. The Balaban J connectivity index is 1.41. The maximum atomic E-state index is 11.8. The van der Waals surface area contributed by atoms with E-state index in [-0.39, 0.29) is 6.03 Å². The van der Waals surface area contributed by atoms with Gasteiger partial charge in [-0.3, -0.25) is 4.72 Å². The van der Waals surface area contributed by atoms with Crippen LogP contribution in [0.2, 0.25) is 0 Å². The summed E-state index contributed by atoms with van der Waals surface area (Å²) in [5.41, 5.74) is 2.45. The van der Waals surface area contributed by atoms with Gasteiger partial charge in [-0.25, -0.2) is 9.78 Å². The maximum Gasteiger partial charge on any atom is 0.325 e. The summed E-state index contributed by atoms with van der Waals surface area (Å²) in [6.07, 6.45) is 8.23. The van der Waals surface area contributed by atoms with Gasteiger partial charge in [-0.1, -0.05) is 23.8 Å². The molecule has 0 atom stereocenters. The Hall–Kier alpha value is -1.53. The highest BCUT2D eigenvalue weighted by Crippen LogP contribution is 2.27. The fraction of sp³-hybridized carbons (Fsp3) is 0.375. The average Bonchev–Trinajstić information content (AvgIpc) is 2.97. The first kappa shape index (κ1) is 15.4. The molecule has 0 saturated heterocycles. The number of carbonyl (C=O) groups excluding carboxylic acids is 1. The fourth-order valence-corrected chi connectivity index (χ4v) is 4.14. The van der Waals surface area contributed by atoms with Crippen LogP contribution < -0.4 is 10.0 Å². The molecular weight excluding hydrogens is 314 g/mol. The molecule has 2 aromatic rings. The molecule has 2 amide bonds. The van der Waals surface area contributed by atoms with Crippen molar-refractivity contribution in [3.8, 4) is 0 Å². The minimum Gasteiger partial charge on any atom is -0.337 e. The number of urea groups is 1. The first-order chi connectivity index (χ1) is 10.8. The zero-order valence-electron chi connectivity index (χ0n) is 12.3. The Morgan fingerprint density at radius 2 is 2.23 bits per heavy atom. The second-order valence-corrected chi connectivity index (χ2v) is 7.35. The predicted octanol–water partition coefficient (Wildman–Crippen LogP) is 4.49. The molecule has 0 bridgehead atoms. The minimum atomic E-state index is -0.152. The van der Waals surface area contributed by atoms with Crippen molar-refractivity contribution < 1.29 is 4.79 Å². The van der Waals surface area contributed by atoms with Gasteiger partial charge in [0, 0.05) is 18.5 Å². The average molecular weight is 333 g/mol. The van der Waals surface area contributed by atoms with Gasteiger partial charge in [-0.15, -0.1) is 11.3 Å². The Morgan fingerprint density at radius 1 is 1.32 bits per heavy atom. The molecule has 2 N–H and O–H groups in total. The van der Waals surface area contributed by atoms with E-state index < -0.39 is 0 Å². The molecule has 1 aliphatic carbocycles. The fourth-order valence-electron chi connectivity index (χ4n) is 2.49. The maximum absolute atomic E-state index is 11.8. The van der Waals surface area contributed by atoms with Crippen molar-refractivity contribution in [2.45, 2.75) is 36.4 Å². The van der Waals surface area contributed by atoms with Crippen LogP contribution in [0.5, 0.6) is 0 Å². The second kappa shape index (κ2) is 7.65. The monoisotopic (exact) mass is 333 g/mol. The molecule has 6 heteroatoms. The van der Waals surface area contributed by atoms with Crippen LogP contribution in [0.3, 0.4) is 0 Å². The molecule has 1 heterocycles. The third-order valence-electron chi connectivity index (χ3n) is 3.62. The topological polar surface area (TPSA) is 54.0 Å².